The molecule has 0 aliphatic heterocycles. The highest BCUT2D eigenvalue weighted by Gasteiger charge is 2.12. The molecule has 0 radical (unpaired) electrons. The van der Waals surface area contributed by atoms with Gasteiger partial charge in [-0.1, -0.05) is 35.3 Å². The molecule has 94 valence electrons. The maximum atomic E-state index is 13.4. The normalized spacial score (nSPS) is 10.2. The van der Waals surface area contributed by atoms with Crippen molar-refractivity contribution in [1.29, 1.82) is 0 Å². The Kier molecular flexibility index (Phi) is 3.86. The van der Waals surface area contributed by atoms with Crippen molar-refractivity contribution in [2.45, 2.75) is 0 Å². The average Bonchev–Trinajstić information content (AvgIpc) is 2.35. The van der Waals surface area contributed by atoms with Gasteiger partial charge in [-0.05, 0) is 18.2 Å². The number of nitrogen functional groups attached to an aromatic ring is 1. The molecule has 2 aromatic rings. The number of hydrogen-bond donors (Lipinski definition) is 2. The summed E-state index contributed by atoms with van der Waals surface area (Å²) in [4.78, 5) is 3.94. The molecule has 0 spiro atoms. The Morgan fingerprint density at radius 1 is 1.22 bits per heavy atom. The minimum atomic E-state index is -0.521. The fourth-order valence-corrected chi connectivity index (χ4v) is 1.71. The van der Waals surface area contributed by atoms with E-state index in [1.807, 2.05) is 0 Å². The molecule has 0 aliphatic rings. The van der Waals surface area contributed by atoms with Gasteiger partial charge in [0.1, 0.15) is 5.02 Å². The highest BCUT2D eigenvalue weighted by molar-refractivity contribution is 6.36. The molecule has 0 saturated carbocycles. The second-order valence-corrected chi connectivity index (χ2v) is 4.10. The first-order valence-electron chi connectivity index (χ1n) is 4.87. The number of aromatic nitrogens is 1. The van der Waals surface area contributed by atoms with Crippen molar-refractivity contribution in [3.8, 4) is 11.6 Å². The number of halogens is 3. The zero-order valence-corrected chi connectivity index (χ0v) is 10.5. The topological polar surface area (TPSA) is 60.2 Å². The maximum Gasteiger partial charge on any atom is 0.240 e. The number of hydrazine groups is 1. The summed E-state index contributed by atoms with van der Waals surface area (Å²) in [6, 6.07) is 7.30. The molecule has 1 aromatic heterocycles. The van der Waals surface area contributed by atoms with E-state index in [4.69, 9.17) is 33.8 Å². The second kappa shape index (κ2) is 5.39. The standard InChI is InChI=1S/C11H8Cl2FN3O/c12-6-5-7(13)11(16-10(6)17-15)18-9-4-2-1-3-8(9)14/h1-5H,15H2,(H,16,17). The van der Waals surface area contributed by atoms with E-state index in [0.717, 1.165) is 0 Å². The summed E-state index contributed by atoms with van der Waals surface area (Å²) in [7, 11) is 0. The molecule has 1 aromatic carbocycles. The van der Waals surface area contributed by atoms with E-state index in [9.17, 15) is 4.39 Å². The van der Waals surface area contributed by atoms with Crippen molar-refractivity contribution < 1.29 is 9.13 Å². The minimum absolute atomic E-state index is 0.0113. The highest BCUT2D eigenvalue weighted by Crippen LogP contribution is 2.33. The number of ether oxygens (including phenoxy) is 1. The van der Waals surface area contributed by atoms with E-state index in [1.165, 1.54) is 18.2 Å². The van der Waals surface area contributed by atoms with E-state index < -0.39 is 5.82 Å². The first-order valence-corrected chi connectivity index (χ1v) is 5.62. The van der Waals surface area contributed by atoms with Gasteiger partial charge in [0.15, 0.2) is 17.4 Å². The van der Waals surface area contributed by atoms with Crippen molar-refractivity contribution in [1.82, 2.24) is 4.98 Å². The van der Waals surface area contributed by atoms with Crippen molar-refractivity contribution in [3.63, 3.8) is 0 Å². The molecule has 0 fully saturated rings. The molecule has 2 rings (SSSR count). The Balaban J connectivity index is 2.38. The quantitative estimate of drug-likeness (QED) is 0.669. The number of nitrogens with zero attached hydrogens (tertiary/aromatic N) is 1. The van der Waals surface area contributed by atoms with Crippen LogP contribution in [0.3, 0.4) is 0 Å². The summed E-state index contributed by atoms with van der Waals surface area (Å²) in [6.07, 6.45) is 0. The summed E-state index contributed by atoms with van der Waals surface area (Å²) in [5.74, 6) is 4.91. The lowest BCUT2D eigenvalue weighted by atomic mass is 10.3. The molecule has 1 heterocycles. The zero-order valence-electron chi connectivity index (χ0n) is 8.95. The summed E-state index contributed by atoms with van der Waals surface area (Å²) >= 11 is 11.7. The van der Waals surface area contributed by atoms with Crippen LogP contribution < -0.4 is 16.0 Å². The lowest BCUT2D eigenvalue weighted by Gasteiger charge is -2.10. The molecular weight excluding hydrogens is 280 g/mol. The second-order valence-electron chi connectivity index (χ2n) is 3.28. The summed E-state index contributed by atoms with van der Waals surface area (Å²) < 4.78 is 18.7. The van der Waals surface area contributed by atoms with Gasteiger partial charge in [0, 0.05) is 0 Å². The van der Waals surface area contributed by atoms with Crippen LogP contribution in [0, 0.1) is 5.82 Å². The first-order chi connectivity index (χ1) is 8.61. The van der Waals surface area contributed by atoms with E-state index in [2.05, 4.69) is 10.4 Å². The van der Waals surface area contributed by atoms with Gasteiger partial charge in [0.05, 0.1) is 5.02 Å². The largest absolute Gasteiger partial charge is 0.434 e. The average molecular weight is 288 g/mol. The molecule has 0 amide bonds. The van der Waals surface area contributed by atoms with Crippen molar-refractivity contribution in [3.05, 3.63) is 46.2 Å². The summed E-state index contributed by atoms with van der Waals surface area (Å²) in [5, 5.41) is 0.394. The number of nitrogens with two attached hydrogens (primary N) is 1. The Bertz CT molecular complexity index is 580. The van der Waals surface area contributed by atoms with Gasteiger partial charge in [-0.3, -0.25) is 0 Å². The number of nitrogens with one attached hydrogen (secondary N) is 1. The van der Waals surface area contributed by atoms with Gasteiger partial charge in [0.2, 0.25) is 5.88 Å². The number of hydrogen-bond acceptors (Lipinski definition) is 4. The molecule has 0 unspecified atom stereocenters. The third-order valence-electron chi connectivity index (χ3n) is 2.08. The van der Waals surface area contributed by atoms with Crippen LogP contribution in [0.25, 0.3) is 0 Å². The maximum absolute atomic E-state index is 13.4. The predicted molar refractivity (Wildman–Crippen MR) is 68.5 cm³/mol. The van der Waals surface area contributed by atoms with Crippen LogP contribution >= 0.6 is 23.2 Å². The lowest BCUT2D eigenvalue weighted by molar-refractivity contribution is 0.428. The van der Waals surface area contributed by atoms with Gasteiger partial charge in [-0.15, -0.1) is 0 Å². The Labute approximate surface area is 112 Å². The van der Waals surface area contributed by atoms with Crippen molar-refractivity contribution >= 4 is 29.0 Å². The van der Waals surface area contributed by atoms with Gasteiger partial charge in [-0.2, -0.15) is 4.98 Å². The summed E-state index contributed by atoms with van der Waals surface area (Å²) in [6.45, 7) is 0. The minimum Gasteiger partial charge on any atom is -0.434 e. The van der Waals surface area contributed by atoms with Crippen LogP contribution in [0.15, 0.2) is 30.3 Å². The van der Waals surface area contributed by atoms with E-state index in [-0.39, 0.29) is 27.5 Å². The van der Waals surface area contributed by atoms with E-state index in [1.54, 1.807) is 12.1 Å². The van der Waals surface area contributed by atoms with Crippen LogP contribution in [0.2, 0.25) is 10.0 Å². The number of anilines is 1. The lowest BCUT2D eigenvalue weighted by Crippen LogP contribution is -2.09. The molecule has 3 N–H and O–H groups in total. The fraction of sp³-hybridized carbons (Fsp3) is 0. The number of rotatable bonds is 3. The number of para-hydroxylation sites is 1. The molecule has 0 atom stereocenters. The molecule has 4 nitrogen and oxygen atoms in total. The van der Waals surface area contributed by atoms with Crippen LogP contribution in [0.4, 0.5) is 10.2 Å². The van der Waals surface area contributed by atoms with Crippen molar-refractivity contribution in [2.24, 2.45) is 5.84 Å². The van der Waals surface area contributed by atoms with Gasteiger partial charge >= 0.3 is 0 Å². The smallest absolute Gasteiger partial charge is 0.240 e. The monoisotopic (exact) mass is 287 g/mol. The highest BCUT2D eigenvalue weighted by atomic mass is 35.5. The Morgan fingerprint density at radius 3 is 2.61 bits per heavy atom. The van der Waals surface area contributed by atoms with Gasteiger partial charge < -0.3 is 10.2 Å². The zero-order chi connectivity index (χ0) is 13.1. The van der Waals surface area contributed by atoms with E-state index >= 15 is 0 Å². The predicted octanol–water partition coefficient (Wildman–Crippen LogP) is 3.61. The SMILES string of the molecule is NNc1nc(Oc2ccccc2F)c(Cl)cc1Cl. The first kappa shape index (κ1) is 12.9. The molecule has 18 heavy (non-hydrogen) atoms. The molecule has 0 bridgehead atoms. The fourth-order valence-electron chi connectivity index (χ4n) is 1.25. The number of benzene rings is 1. The van der Waals surface area contributed by atoms with E-state index in [0.29, 0.717) is 0 Å². The van der Waals surface area contributed by atoms with Gasteiger partial charge in [-0.25, -0.2) is 10.2 Å². The van der Waals surface area contributed by atoms with Crippen LogP contribution in [-0.4, -0.2) is 4.98 Å². The van der Waals surface area contributed by atoms with Crippen molar-refractivity contribution in [2.75, 3.05) is 5.43 Å². The molecular formula is C11H8Cl2FN3O. The van der Waals surface area contributed by atoms with Crippen LogP contribution in [0.5, 0.6) is 11.6 Å². The van der Waals surface area contributed by atoms with Crippen LogP contribution in [-0.2, 0) is 0 Å². The number of pyridine rings is 1. The van der Waals surface area contributed by atoms with Gasteiger partial charge in [0.25, 0.3) is 0 Å². The third-order valence-corrected chi connectivity index (χ3v) is 2.64. The third kappa shape index (κ3) is 2.64. The molecule has 7 heteroatoms. The Morgan fingerprint density at radius 2 is 1.94 bits per heavy atom. The molecule has 0 saturated heterocycles. The summed E-state index contributed by atoms with van der Waals surface area (Å²) in [5.41, 5.74) is 2.29. The molecule has 0 aliphatic carbocycles. The Hall–Kier alpha value is -1.56. The van der Waals surface area contributed by atoms with Crippen LogP contribution in [0.1, 0.15) is 0 Å².